The summed E-state index contributed by atoms with van der Waals surface area (Å²) in [5, 5.41) is 4.55. The van der Waals surface area contributed by atoms with Crippen molar-refractivity contribution in [1.82, 2.24) is 10.2 Å². The van der Waals surface area contributed by atoms with Crippen LogP contribution in [0.25, 0.3) is 11.0 Å². The Hall–Kier alpha value is -1.36. The van der Waals surface area contributed by atoms with Crippen molar-refractivity contribution in [3.8, 4) is 0 Å². The topological polar surface area (TPSA) is 37.6 Å². The number of hydrogen-bond acceptors (Lipinski definition) is 4. The normalized spacial score (nSPS) is 22.3. The van der Waals surface area contributed by atoms with E-state index < -0.39 is 0 Å². The molecule has 1 saturated heterocycles. The molecular weight excluding hydrogens is 264 g/mol. The number of fused-ring (bicyclic) bond motifs is 1. The minimum absolute atomic E-state index is 0.211. The summed E-state index contributed by atoms with van der Waals surface area (Å²) in [6, 6.07) is 10.5. The van der Waals surface area contributed by atoms with Gasteiger partial charge in [0.05, 0.1) is 12.1 Å². The van der Waals surface area contributed by atoms with Crippen molar-refractivity contribution < 1.29 is 9.15 Å². The van der Waals surface area contributed by atoms with Gasteiger partial charge in [-0.2, -0.15) is 0 Å². The van der Waals surface area contributed by atoms with E-state index in [9.17, 15) is 0 Å². The van der Waals surface area contributed by atoms with Crippen LogP contribution in [-0.4, -0.2) is 44.3 Å². The smallest absolute Gasteiger partial charge is 0.134 e. The van der Waals surface area contributed by atoms with E-state index in [1.54, 1.807) is 0 Å². The lowest BCUT2D eigenvalue weighted by Crippen LogP contribution is -2.37. The molecule has 1 aliphatic rings. The van der Waals surface area contributed by atoms with Gasteiger partial charge in [-0.05, 0) is 32.5 Å². The first-order chi connectivity index (χ1) is 10.3. The summed E-state index contributed by atoms with van der Waals surface area (Å²) in [5.41, 5.74) is 0.959. The van der Waals surface area contributed by atoms with Crippen LogP contribution in [0.5, 0.6) is 0 Å². The van der Waals surface area contributed by atoms with E-state index in [2.05, 4.69) is 29.3 Å². The van der Waals surface area contributed by atoms with E-state index in [-0.39, 0.29) is 6.04 Å². The summed E-state index contributed by atoms with van der Waals surface area (Å²) in [4.78, 5) is 2.46. The summed E-state index contributed by atoms with van der Waals surface area (Å²) in [7, 11) is 2.00. The van der Waals surface area contributed by atoms with Crippen molar-refractivity contribution in [3.05, 3.63) is 36.1 Å². The van der Waals surface area contributed by atoms with Gasteiger partial charge in [0.25, 0.3) is 0 Å². The van der Waals surface area contributed by atoms with Crippen molar-refractivity contribution >= 4 is 11.0 Å². The van der Waals surface area contributed by atoms with Gasteiger partial charge in [0, 0.05) is 31.6 Å². The van der Waals surface area contributed by atoms with Crippen LogP contribution in [0.1, 0.15) is 25.1 Å². The van der Waals surface area contributed by atoms with Gasteiger partial charge in [0.2, 0.25) is 0 Å². The molecule has 3 rings (SSSR count). The standard InChI is InChI=1S/C17H24N2O2/c1-13-11-19(8-5-9-20-13)12-15(18-2)17-10-14-6-3-4-7-16(14)21-17/h3-4,6-7,10,13,15,18H,5,8-9,11-12H2,1-2H3. The molecule has 1 aromatic heterocycles. The van der Waals surface area contributed by atoms with E-state index >= 15 is 0 Å². The van der Waals surface area contributed by atoms with Crippen LogP contribution in [0.4, 0.5) is 0 Å². The fourth-order valence-electron chi connectivity index (χ4n) is 3.00. The zero-order valence-corrected chi connectivity index (χ0v) is 12.8. The molecule has 1 fully saturated rings. The Morgan fingerprint density at radius 2 is 2.24 bits per heavy atom. The molecule has 2 atom stereocenters. The number of nitrogens with zero attached hydrogens (tertiary/aromatic N) is 1. The maximum Gasteiger partial charge on any atom is 0.134 e. The first-order valence-corrected chi connectivity index (χ1v) is 7.76. The number of benzene rings is 1. The van der Waals surface area contributed by atoms with Crippen molar-refractivity contribution in [2.24, 2.45) is 0 Å². The lowest BCUT2D eigenvalue weighted by Gasteiger charge is -2.26. The molecule has 21 heavy (non-hydrogen) atoms. The van der Waals surface area contributed by atoms with Crippen molar-refractivity contribution in [2.45, 2.75) is 25.5 Å². The Bertz CT molecular complexity index is 548. The second-order valence-corrected chi connectivity index (χ2v) is 5.82. The molecule has 1 aliphatic heterocycles. The molecule has 2 heterocycles. The highest BCUT2D eigenvalue weighted by atomic mass is 16.5. The zero-order valence-electron chi connectivity index (χ0n) is 12.8. The van der Waals surface area contributed by atoms with Crippen molar-refractivity contribution in [3.63, 3.8) is 0 Å². The Kier molecular flexibility index (Phi) is 4.58. The van der Waals surface area contributed by atoms with Crippen LogP contribution < -0.4 is 5.32 Å². The van der Waals surface area contributed by atoms with E-state index in [1.165, 1.54) is 5.39 Å². The average Bonchev–Trinajstić information content (AvgIpc) is 2.81. The van der Waals surface area contributed by atoms with Gasteiger partial charge in [-0.1, -0.05) is 18.2 Å². The highest BCUT2D eigenvalue weighted by Gasteiger charge is 2.21. The predicted octanol–water partition coefficient (Wildman–Crippen LogP) is 2.80. The molecule has 4 nitrogen and oxygen atoms in total. The van der Waals surface area contributed by atoms with Gasteiger partial charge in [-0.3, -0.25) is 4.90 Å². The van der Waals surface area contributed by atoms with Crippen LogP contribution in [-0.2, 0) is 4.74 Å². The number of furan rings is 1. The van der Waals surface area contributed by atoms with Gasteiger partial charge >= 0.3 is 0 Å². The molecule has 0 aliphatic carbocycles. The Morgan fingerprint density at radius 3 is 3.05 bits per heavy atom. The SMILES string of the molecule is CNC(CN1CCCOC(C)C1)c1cc2ccccc2o1. The highest BCUT2D eigenvalue weighted by Crippen LogP contribution is 2.24. The van der Waals surface area contributed by atoms with Gasteiger partial charge in [-0.15, -0.1) is 0 Å². The molecular formula is C17H24N2O2. The van der Waals surface area contributed by atoms with E-state index in [4.69, 9.17) is 9.15 Å². The summed E-state index contributed by atoms with van der Waals surface area (Å²) in [6.45, 7) is 6.03. The summed E-state index contributed by atoms with van der Waals surface area (Å²) in [5.74, 6) is 1.01. The van der Waals surface area contributed by atoms with Gasteiger partial charge in [0.1, 0.15) is 11.3 Å². The second-order valence-electron chi connectivity index (χ2n) is 5.82. The monoisotopic (exact) mass is 288 g/mol. The largest absolute Gasteiger partial charge is 0.459 e. The number of likely N-dealkylation sites (N-methyl/N-ethyl adjacent to an activating group) is 1. The number of rotatable bonds is 4. The van der Waals surface area contributed by atoms with Gasteiger partial charge in [-0.25, -0.2) is 0 Å². The van der Waals surface area contributed by atoms with E-state index in [0.717, 1.165) is 44.0 Å². The maximum atomic E-state index is 6.00. The third-order valence-corrected chi connectivity index (χ3v) is 4.11. The molecule has 4 heteroatoms. The lowest BCUT2D eigenvalue weighted by atomic mass is 10.1. The first kappa shape index (κ1) is 14.6. The molecule has 0 amide bonds. The summed E-state index contributed by atoms with van der Waals surface area (Å²) < 4.78 is 11.7. The zero-order chi connectivity index (χ0) is 14.7. The van der Waals surface area contributed by atoms with E-state index in [1.807, 2.05) is 25.2 Å². The quantitative estimate of drug-likeness (QED) is 0.939. The van der Waals surface area contributed by atoms with Gasteiger partial charge < -0.3 is 14.5 Å². The molecule has 0 spiro atoms. The van der Waals surface area contributed by atoms with Crippen molar-refractivity contribution in [2.75, 3.05) is 33.3 Å². The summed E-state index contributed by atoms with van der Waals surface area (Å²) in [6.07, 6.45) is 1.40. The number of nitrogens with one attached hydrogen (secondary N) is 1. The molecule has 1 N–H and O–H groups in total. The first-order valence-electron chi connectivity index (χ1n) is 7.76. The third-order valence-electron chi connectivity index (χ3n) is 4.11. The summed E-state index contributed by atoms with van der Waals surface area (Å²) >= 11 is 0. The lowest BCUT2D eigenvalue weighted by molar-refractivity contribution is 0.0662. The molecule has 1 aromatic carbocycles. The number of ether oxygens (including phenoxy) is 1. The number of para-hydroxylation sites is 1. The Balaban J connectivity index is 1.74. The third kappa shape index (κ3) is 3.46. The van der Waals surface area contributed by atoms with Crippen LogP contribution in [0, 0.1) is 0 Å². The van der Waals surface area contributed by atoms with Crippen molar-refractivity contribution in [1.29, 1.82) is 0 Å². The molecule has 0 bridgehead atoms. The van der Waals surface area contributed by atoms with Crippen LogP contribution in [0.3, 0.4) is 0 Å². The minimum atomic E-state index is 0.211. The van der Waals surface area contributed by atoms with E-state index in [0.29, 0.717) is 6.10 Å². The van der Waals surface area contributed by atoms with Gasteiger partial charge in [0.15, 0.2) is 0 Å². The van der Waals surface area contributed by atoms with Crippen LogP contribution in [0.15, 0.2) is 34.7 Å². The maximum absolute atomic E-state index is 6.00. The minimum Gasteiger partial charge on any atom is -0.459 e. The Labute approximate surface area is 126 Å². The fraction of sp³-hybridized carbons (Fsp3) is 0.529. The van der Waals surface area contributed by atoms with Crippen LogP contribution >= 0.6 is 0 Å². The fourth-order valence-corrected chi connectivity index (χ4v) is 3.00. The molecule has 2 aromatic rings. The second kappa shape index (κ2) is 6.60. The molecule has 2 unspecified atom stereocenters. The predicted molar refractivity (Wildman–Crippen MR) is 84.5 cm³/mol. The Morgan fingerprint density at radius 1 is 1.38 bits per heavy atom. The molecule has 114 valence electrons. The highest BCUT2D eigenvalue weighted by molar-refractivity contribution is 5.77. The average molecular weight is 288 g/mol. The van der Waals surface area contributed by atoms with Crippen LogP contribution in [0.2, 0.25) is 0 Å². The molecule has 0 saturated carbocycles. The molecule has 0 radical (unpaired) electrons. The number of hydrogen-bond donors (Lipinski definition) is 1.